The summed E-state index contributed by atoms with van der Waals surface area (Å²) in [4.78, 5) is 24.5. The molecule has 1 aromatic heterocycles. The lowest BCUT2D eigenvalue weighted by Crippen LogP contribution is -2.30. The maximum Gasteiger partial charge on any atom is 0.341 e. The minimum atomic E-state index is -1.47. The predicted octanol–water partition coefficient (Wildman–Crippen LogP) is 4.31. The van der Waals surface area contributed by atoms with Crippen LogP contribution in [0.15, 0.2) is 41.3 Å². The number of carbonyl (C=O) groups is 1. The summed E-state index contributed by atoms with van der Waals surface area (Å²) in [5.41, 5.74) is -2.37. The molecule has 3 rings (SSSR count). The Morgan fingerprint density at radius 1 is 1.12 bits per heavy atom. The van der Waals surface area contributed by atoms with E-state index in [1.807, 2.05) is 20.8 Å². The normalized spacial score (nSPS) is 12.7. The number of carboxylic acids is 1. The summed E-state index contributed by atoms with van der Waals surface area (Å²) in [5.74, 6) is -3.91. The number of carboxylic acid groups (broad SMARTS) is 1. The number of nitrogens with one attached hydrogen (secondary N) is 1. The quantitative estimate of drug-likeness (QED) is 0.523. The summed E-state index contributed by atoms with van der Waals surface area (Å²) < 4.78 is 44.1. The van der Waals surface area contributed by atoms with Crippen LogP contribution in [-0.4, -0.2) is 27.4 Å². The zero-order chi connectivity index (χ0) is 23.8. The van der Waals surface area contributed by atoms with Gasteiger partial charge in [-0.25, -0.2) is 18.0 Å². The van der Waals surface area contributed by atoms with E-state index >= 15 is 0 Å². The van der Waals surface area contributed by atoms with Crippen molar-refractivity contribution in [2.24, 2.45) is 5.41 Å². The van der Waals surface area contributed by atoms with Crippen LogP contribution < -0.4 is 10.7 Å². The number of anilines is 1. The van der Waals surface area contributed by atoms with Gasteiger partial charge < -0.3 is 20.1 Å². The van der Waals surface area contributed by atoms with Crippen molar-refractivity contribution in [2.75, 3.05) is 11.9 Å². The standard InChI is InChI=1S/C23H23F3N2O4/c1-23(2,3)20(11-29)28-10-14(22(31)32)21(30)12-7-18(17(26)8-19(12)28)27-9-13-15(24)5-4-6-16(13)25/h4-8,10,20,27,29H,9,11H2,1-3H3,(H,31,32). The van der Waals surface area contributed by atoms with Gasteiger partial charge in [-0.1, -0.05) is 26.8 Å². The fourth-order valence-electron chi connectivity index (χ4n) is 3.58. The minimum absolute atomic E-state index is 0.0918. The Balaban J connectivity index is 2.19. The fourth-order valence-corrected chi connectivity index (χ4v) is 3.58. The number of aliphatic hydroxyl groups is 1. The van der Waals surface area contributed by atoms with E-state index in [9.17, 15) is 33.0 Å². The van der Waals surface area contributed by atoms with Gasteiger partial charge in [0.25, 0.3) is 0 Å². The number of rotatable bonds is 6. The van der Waals surface area contributed by atoms with Gasteiger partial charge in [-0.05, 0) is 23.6 Å². The first-order valence-electron chi connectivity index (χ1n) is 9.85. The third kappa shape index (κ3) is 4.34. The molecule has 9 heteroatoms. The van der Waals surface area contributed by atoms with Crippen molar-refractivity contribution in [1.29, 1.82) is 0 Å². The molecule has 0 bridgehead atoms. The number of hydrogen-bond acceptors (Lipinski definition) is 4. The molecule has 0 spiro atoms. The van der Waals surface area contributed by atoms with Gasteiger partial charge in [-0.3, -0.25) is 4.79 Å². The molecule has 0 radical (unpaired) electrons. The smallest absolute Gasteiger partial charge is 0.341 e. The summed E-state index contributed by atoms with van der Waals surface area (Å²) in [6.07, 6.45) is 1.10. The van der Waals surface area contributed by atoms with E-state index in [4.69, 9.17) is 0 Å². The van der Waals surface area contributed by atoms with Crippen LogP contribution >= 0.6 is 0 Å². The molecule has 170 valence electrons. The minimum Gasteiger partial charge on any atom is -0.477 e. The van der Waals surface area contributed by atoms with Crippen LogP contribution in [0.3, 0.4) is 0 Å². The van der Waals surface area contributed by atoms with Crippen molar-refractivity contribution in [2.45, 2.75) is 33.4 Å². The van der Waals surface area contributed by atoms with Gasteiger partial charge in [0.15, 0.2) is 0 Å². The van der Waals surface area contributed by atoms with E-state index in [0.29, 0.717) is 0 Å². The third-order valence-electron chi connectivity index (χ3n) is 5.38. The van der Waals surface area contributed by atoms with Gasteiger partial charge in [-0.15, -0.1) is 0 Å². The lowest BCUT2D eigenvalue weighted by atomic mass is 9.86. The second-order valence-electron chi connectivity index (χ2n) is 8.55. The molecule has 0 amide bonds. The van der Waals surface area contributed by atoms with Gasteiger partial charge in [0.05, 0.1) is 23.9 Å². The lowest BCUT2D eigenvalue weighted by molar-refractivity contribution is 0.0692. The van der Waals surface area contributed by atoms with Crippen LogP contribution in [-0.2, 0) is 6.54 Å². The zero-order valence-corrected chi connectivity index (χ0v) is 17.7. The molecule has 0 aliphatic heterocycles. The van der Waals surface area contributed by atoms with Gasteiger partial charge in [-0.2, -0.15) is 0 Å². The van der Waals surface area contributed by atoms with Crippen molar-refractivity contribution >= 4 is 22.6 Å². The van der Waals surface area contributed by atoms with E-state index in [1.54, 1.807) is 0 Å². The lowest BCUT2D eigenvalue weighted by Gasteiger charge is -2.33. The number of nitrogens with zero attached hydrogens (tertiary/aromatic N) is 1. The highest BCUT2D eigenvalue weighted by molar-refractivity contribution is 5.93. The highest BCUT2D eigenvalue weighted by atomic mass is 19.1. The summed E-state index contributed by atoms with van der Waals surface area (Å²) in [6.45, 7) is 4.66. The molecule has 0 saturated carbocycles. The highest BCUT2D eigenvalue weighted by Crippen LogP contribution is 2.33. The van der Waals surface area contributed by atoms with Crippen LogP contribution in [0.25, 0.3) is 10.9 Å². The maximum absolute atomic E-state index is 14.9. The Hall–Kier alpha value is -3.33. The Labute approximate surface area is 181 Å². The second kappa shape index (κ2) is 8.66. The molecule has 2 aromatic carbocycles. The monoisotopic (exact) mass is 448 g/mol. The molecule has 0 aliphatic rings. The average Bonchev–Trinajstić information content (AvgIpc) is 2.69. The molecule has 3 aromatic rings. The van der Waals surface area contributed by atoms with Crippen molar-refractivity contribution in [3.05, 3.63) is 75.3 Å². The Bertz CT molecular complexity index is 1230. The number of halogens is 3. The Morgan fingerprint density at radius 2 is 1.75 bits per heavy atom. The van der Waals surface area contributed by atoms with Crippen molar-refractivity contribution in [3.8, 4) is 0 Å². The molecule has 1 heterocycles. The molecule has 0 fully saturated rings. The molecular formula is C23H23F3N2O4. The van der Waals surface area contributed by atoms with Crippen LogP contribution in [0.5, 0.6) is 0 Å². The van der Waals surface area contributed by atoms with Gasteiger partial charge >= 0.3 is 5.97 Å². The van der Waals surface area contributed by atoms with Crippen LogP contribution in [0.4, 0.5) is 18.9 Å². The van der Waals surface area contributed by atoms with Gasteiger partial charge in [0.1, 0.15) is 23.0 Å². The molecule has 1 unspecified atom stereocenters. The van der Waals surface area contributed by atoms with Crippen molar-refractivity contribution in [1.82, 2.24) is 4.57 Å². The largest absolute Gasteiger partial charge is 0.477 e. The number of fused-ring (bicyclic) bond motifs is 1. The van der Waals surface area contributed by atoms with Gasteiger partial charge in [0, 0.05) is 29.8 Å². The third-order valence-corrected chi connectivity index (χ3v) is 5.38. The van der Waals surface area contributed by atoms with E-state index in [0.717, 1.165) is 30.5 Å². The van der Waals surface area contributed by atoms with Crippen LogP contribution in [0, 0.1) is 22.9 Å². The Morgan fingerprint density at radius 3 is 2.28 bits per heavy atom. The maximum atomic E-state index is 14.9. The van der Waals surface area contributed by atoms with E-state index in [2.05, 4.69) is 5.32 Å². The first-order chi connectivity index (χ1) is 15.0. The molecule has 32 heavy (non-hydrogen) atoms. The first kappa shape index (κ1) is 23.3. The second-order valence-corrected chi connectivity index (χ2v) is 8.55. The molecular weight excluding hydrogens is 425 g/mol. The molecule has 0 saturated heterocycles. The summed E-state index contributed by atoms with van der Waals surface area (Å²) in [7, 11) is 0. The van der Waals surface area contributed by atoms with Gasteiger partial charge in [0.2, 0.25) is 5.43 Å². The predicted molar refractivity (Wildman–Crippen MR) is 114 cm³/mol. The highest BCUT2D eigenvalue weighted by Gasteiger charge is 2.28. The van der Waals surface area contributed by atoms with E-state index in [1.165, 1.54) is 10.6 Å². The summed E-state index contributed by atoms with van der Waals surface area (Å²) in [6, 6.07) is 4.83. The number of aromatic nitrogens is 1. The van der Waals surface area contributed by atoms with Crippen LogP contribution in [0.1, 0.15) is 42.7 Å². The molecule has 0 aliphatic carbocycles. The first-order valence-corrected chi connectivity index (χ1v) is 9.85. The van der Waals surface area contributed by atoms with E-state index < -0.39 is 52.4 Å². The number of aromatic carboxylic acids is 1. The number of pyridine rings is 1. The summed E-state index contributed by atoms with van der Waals surface area (Å²) >= 11 is 0. The fraction of sp³-hybridized carbons (Fsp3) is 0.304. The van der Waals surface area contributed by atoms with E-state index in [-0.39, 0.29) is 28.8 Å². The molecule has 6 nitrogen and oxygen atoms in total. The van der Waals surface area contributed by atoms with Crippen molar-refractivity contribution in [3.63, 3.8) is 0 Å². The zero-order valence-electron chi connectivity index (χ0n) is 17.7. The van der Waals surface area contributed by atoms with Crippen molar-refractivity contribution < 1.29 is 28.2 Å². The topological polar surface area (TPSA) is 91.6 Å². The number of benzene rings is 2. The molecule has 3 N–H and O–H groups in total. The SMILES string of the molecule is CC(C)(C)C(CO)n1cc(C(=O)O)c(=O)c2cc(NCc3c(F)cccc3F)c(F)cc21. The average molecular weight is 448 g/mol. The van der Waals surface area contributed by atoms with Crippen LogP contribution in [0.2, 0.25) is 0 Å². The summed E-state index contributed by atoms with van der Waals surface area (Å²) in [5, 5.41) is 21.9. The number of aliphatic hydroxyl groups excluding tert-OH is 1. The number of hydrogen-bond donors (Lipinski definition) is 3. The Kier molecular flexibility index (Phi) is 6.32. The molecule has 1 atom stereocenters.